The Labute approximate surface area is 222 Å². The molecule has 1 aliphatic rings. The molecule has 2 N–H and O–H groups in total. The van der Waals surface area contributed by atoms with Crippen LogP contribution in [0.5, 0.6) is 0 Å². The van der Waals surface area contributed by atoms with Crippen molar-refractivity contribution in [1.82, 2.24) is 10.3 Å². The van der Waals surface area contributed by atoms with E-state index in [0.717, 1.165) is 12.0 Å². The van der Waals surface area contributed by atoms with Crippen LogP contribution in [0.15, 0.2) is 24.8 Å². The number of carbonyl (C=O) groups excluding carboxylic acids is 2. The highest BCUT2D eigenvalue weighted by atomic mass is 28.4. The van der Waals surface area contributed by atoms with Crippen LogP contribution >= 0.6 is 0 Å². The van der Waals surface area contributed by atoms with Crippen molar-refractivity contribution in [3.8, 4) is 0 Å². The molecule has 1 aromatic heterocycles. The van der Waals surface area contributed by atoms with Crippen molar-refractivity contribution in [1.29, 1.82) is 0 Å². The maximum absolute atomic E-state index is 12.7. The van der Waals surface area contributed by atoms with Gasteiger partial charge in [0.15, 0.2) is 8.32 Å². The van der Waals surface area contributed by atoms with E-state index in [4.69, 9.17) is 13.9 Å². The number of carbonyl (C=O) groups is 2. The largest absolute Gasteiger partial charge is 0.464 e. The smallest absolute Gasteiger partial charge is 0.356 e. The number of esters is 2. The molecule has 0 aromatic carbocycles. The summed E-state index contributed by atoms with van der Waals surface area (Å²) in [5.74, 6) is -1.04. The van der Waals surface area contributed by atoms with Crippen molar-refractivity contribution >= 4 is 26.3 Å². The van der Waals surface area contributed by atoms with Crippen molar-refractivity contribution in [3.05, 3.63) is 47.3 Å². The van der Waals surface area contributed by atoms with Gasteiger partial charge in [-0.25, -0.2) is 9.78 Å². The molecule has 0 unspecified atom stereocenters. The number of nitrogens with one attached hydrogen (secondary N) is 1. The maximum atomic E-state index is 12.7. The van der Waals surface area contributed by atoms with Gasteiger partial charge < -0.3 is 19.0 Å². The summed E-state index contributed by atoms with van der Waals surface area (Å²) in [5, 5.41) is 14.6. The minimum Gasteiger partial charge on any atom is -0.464 e. The maximum Gasteiger partial charge on any atom is 0.356 e. The SMILES string of the molecule is C=CCOC(=O)[C@@H](N[C@@H]1C=Cc2c([C@H](C)O[Si](C)(C)C(C)(C)C)cc(C(=O)OC)nc2[C@H]1O)[C@@H](C)CC. The van der Waals surface area contributed by atoms with Gasteiger partial charge in [-0.1, -0.05) is 65.8 Å². The van der Waals surface area contributed by atoms with E-state index < -0.39 is 38.4 Å². The Balaban J connectivity index is 2.49. The minimum atomic E-state index is -2.14. The monoisotopic (exact) mass is 532 g/mol. The average Bonchev–Trinajstić information content (AvgIpc) is 2.84. The first-order valence-electron chi connectivity index (χ1n) is 12.9. The zero-order valence-corrected chi connectivity index (χ0v) is 24.8. The van der Waals surface area contributed by atoms with Gasteiger partial charge >= 0.3 is 11.9 Å². The van der Waals surface area contributed by atoms with E-state index in [1.165, 1.54) is 13.2 Å². The molecule has 1 aromatic rings. The van der Waals surface area contributed by atoms with E-state index in [1.54, 1.807) is 6.07 Å². The van der Waals surface area contributed by atoms with E-state index in [9.17, 15) is 14.7 Å². The standard InChI is InChI=1S/C28H44N2O6Si/c1-11-15-35-27(33)23(17(3)12-2)29-21-14-13-19-20(18(4)36-37(9,10)28(5,6)7)16-22(26(32)34-8)30-24(19)25(21)31/h11,13-14,16-18,21,23,25,29,31H,1,12,15H2,2-10H3/t17-,18-,21+,23-,25-/m0/s1. The van der Waals surface area contributed by atoms with E-state index in [-0.39, 0.29) is 29.4 Å². The summed E-state index contributed by atoms with van der Waals surface area (Å²) in [6.07, 6.45) is 4.50. The third-order valence-electron chi connectivity index (χ3n) is 7.50. The Hall–Kier alpha value is -2.33. The van der Waals surface area contributed by atoms with Crippen molar-refractivity contribution in [3.63, 3.8) is 0 Å². The highest BCUT2D eigenvalue weighted by Crippen LogP contribution is 2.41. The van der Waals surface area contributed by atoms with Crippen molar-refractivity contribution in [2.75, 3.05) is 13.7 Å². The lowest BCUT2D eigenvalue weighted by molar-refractivity contribution is -0.146. The van der Waals surface area contributed by atoms with Crippen molar-refractivity contribution in [2.45, 2.75) is 90.4 Å². The first-order valence-corrected chi connectivity index (χ1v) is 15.8. The highest BCUT2D eigenvalue weighted by molar-refractivity contribution is 6.74. The summed E-state index contributed by atoms with van der Waals surface area (Å²) in [6.45, 7) is 20.4. The molecule has 8 nitrogen and oxygen atoms in total. The number of aliphatic hydroxyl groups excluding tert-OH is 1. The summed E-state index contributed by atoms with van der Waals surface area (Å²) in [5.41, 5.74) is 1.90. The highest BCUT2D eigenvalue weighted by Gasteiger charge is 2.40. The molecule has 1 aliphatic carbocycles. The molecule has 5 atom stereocenters. The van der Waals surface area contributed by atoms with Gasteiger partial charge in [-0.3, -0.25) is 10.1 Å². The van der Waals surface area contributed by atoms with Crippen LogP contribution in [0.25, 0.3) is 6.08 Å². The fourth-order valence-electron chi connectivity index (χ4n) is 3.99. The van der Waals surface area contributed by atoms with Crippen LogP contribution in [0.2, 0.25) is 18.1 Å². The Morgan fingerprint density at radius 2 is 1.95 bits per heavy atom. The van der Waals surface area contributed by atoms with Gasteiger partial charge in [-0.2, -0.15) is 0 Å². The molecule has 0 spiro atoms. The quantitative estimate of drug-likeness (QED) is 0.230. The molecule has 37 heavy (non-hydrogen) atoms. The van der Waals surface area contributed by atoms with Gasteiger partial charge in [-0.05, 0) is 42.6 Å². The first kappa shape index (κ1) is 30.9. The van der Waals surface area contributed by atoms with Crippen LogP contribution < -0.4 is 5.32 Å². The normalized spacial score (nSPS) is 19.9. The van der Waals surface area contributed by atoms with Crippen LogP contribution in [0.1, 0.15) is 87.5 Å². The molecule has 2 rings (SSSR count). The zero-order chi connectivity index (χ0) is 28.1. The number of nitrogens with zero attached hydrogens (tertiary/aromatic N) is 1. The number of pyridine rings is 1. The summed E-state index contributed by atoms with van der Waals surface area (Å²) < 4.78 is 16.9. The molecule has 0 bridgehead atoms. The lowest BCUT2D eigenvalue weighted by atomic mass is 9.89. The molecule has 0 saturated heterocycles. The van der Waals surface area contributed by atoms with E-state index in [1.807, 2.05) is 32.9 Å². The molecule has 206 valence electrons. The van der Waals surface area contributed by atoms with Crippen LogP contribution in [0.3, 0.4) is 0 Å². The topological polar surface area (TPSA) is 107 Å². The number of ether oxygens (including phenoxy) is 2. The number of fused-ring (bicyclic) bond motifs is 1. The molecule has 0 radical (unpaired) electrons. The molecule has 0 aliphatic heterocycles. The number of aliphatic hydroxyl groups is 1. The van der Waals surface area contributed by atoms with Gasteiger partial charge in [0.2, 0.25) is 0 Å². The van der Waals surface area contributed by atoms with Crippen LogP contribution in [0.4, 0.5) is 0 Å². The van der Waals surface area contributed by atoms with Gasteiger partial charge in [0, 0.05) is 5.56 Å². The van der Waals surface area contributed by atoms with Crippen LogP contribution in [0, 0.1) is 5.92 Å². The van der Waals surface area contributed by atoms with Crippen LogP contribution in [-0.2, 0) is 18.7 Å². The third-order valence-corrected chi connectivity index (χ3v) is 12.1. The molecule has 9 heteroatoms. The average molecular weight is 533 g/mol. The predicted octanol–water partition coefficient (Wildman–Crippen LogP) is 5.11. The number of hydrogen-bond donors (Lipinski definition) is 2. The van der Waals surface area contributed by atoms with Crippen molar-refractivity contribution in [2.24, 2.45) is 5.92 Å². The molecule has 1 heterocycles. The third kappa shape index (κ3) is 7.16. The summed E-state index contributed by atoms with van der Waals surface area (Å²) in [6, 6.07) is 0.426. The molecule has 0 saturated carbocycles. The van der Waals surface area contributed by atoms with Crippen molar-refractivity contribution < 1.29 is 28.6 Å². The molecule has 0 amide bonds. The van der Waals surface area contributed by atoms with Gasteiger partial charge in [-0.15, -0.1) is 0 Å². The molecule has 0 fully saturated rings. The lowest BCUT2D eigenvalue weighted by Crippen LogP contribution is -2.50. The fraction of sp³-hybridized carbons (Fsp3) is 0.607. The molecular weight excluding hydrogens is 488 g/mol. The molecular formula is C28H44N2O6Si. The number of rotatable bonds is 11. The summed E-state index contributed by atoms with van der Waals surface area (Å²) >= 11 is 0. The first-order chi connectivity index (χ1) is 17.2. The second kappa shape index (κ2) is 12.5. The number of methoxy groups -OCH3 is 1. The van der Waals surface area contributed by atoms with E-state index >= 15 is 0 Å². The van der Waals surface area contributed by atoms with Gasteiger partial charge in [0.05, 0.1) is 24.9 Å². The summed E-state index contributed by atoms with van der Waals surface area (Å²) in [4.78, 5) is 29.7. The Morgan fingerprint density at radius 1 is 1.30 bits per heavy atom. The zero-order valence-electron chi connectivity index (χ0n) is 23.8. The second-order valence-electron chi connectivity index (χ2n) is 11.2. The van der Waals surface area contributed by atoms with E-state index in [0.29, 0.717) is 11.3 Å². The fourth-order valence-corrected chi connectivity index (χ4v) is 5.35. The number of aromatic nitrogens is 1. The second-order valence-corrected chi connectivity index (χ2v) is 15.9. The van der Waals surface area contributed by atoms with E-state index in [2.05, 4.69) is 50.7 Å². The van der Waals surface area contributed by atoms with Gasteiger partial charge in [0.25, 0.3) is 0 Å². The van der Waals surface area contributed by atoms with Crippen LogP contribution in [-0.4, -0.2) is 56.1 Å². The number of hydrogen-bond acceptors (Lipinski definition) is 8. The summed E-state index contributed by atoms with van der Waals surface area (Å²) in [7, 11) is -0.839. The minimum absolute atomic E-state index is 0.00487. The predicted molar refractivity (Wildman–Crippen MR) is 148 cm³/mol. The lowest BCUT2D eigenvalue weighted by Gasteiger charge is -2.39. The Morgan fingerprint density at radius 3 is 2.49 bits per heavy atom. The Kier molecular flexibility index (Phi) is 10.4. The Bertz CT molecular complexity index is 1020. The van der Waals surface area contributed by atoms with Gasteiger partial charge in [0.1, 0.15) is 24.4 Å².